The molecule has 166 valence electrons. The highest BCUT2D eigenvalue weighted by Crippen LogP contribution is 2.30. The van der Waals surface area contributed by atoms with Gasteiger partial charge in [-0.2, -0.15) is 5.26 Å². The van der Waals surface area contributed by atoms with Gasteiger partial charge >= 0.3 is 5.97 Å². The molecule has 0 aliphatic heterocycles. The molecule has 1 amide bonds. The molecular weight excluding hydrogens is 396 g/mol. The Bertz CT molecular complexity index is 973. The average Bonchev–Trinajstić information content (AvgIpc) is 3.01. The highest BCUT2D eigenvalue weighted by atomic mass is 16.5. The van der Waals surface area contributed by atoms with E-state index in [1.165, 1.54) is 7.11 Å². The van der Waals surface area contributed by atoms with E-state index in [0.717, 1.165) is 22.7 Å². The number of methoxy groups -OCH3 is 2. The topological polar surface area (TPSA) is 96.6 Å². The molecule has 8 nitrogen and oxygen atoms in total. The first-order valence-electron chi connectivity index (χ1n) is 10.1. The van der Waals surface area contributed by atoms with Crippen molar-refractivity contribution in [1.29, 1.82) is 5.26 Å². The van der Waals surface area contributed by atoms with Crippen LogP contribution in [-0.4, -0.2) is 55.2 Å². The second-order valence-electron chi connectivity index (χ2n) is 7.38. The predicted octanol–water partition coefficient (Wildman–Crippen LogP) is 3.04. The lowest BCUT2D eigenvalue weighted by Gasteiger charge is -2.23. The Morgan fingerprint density at radius 3 is 2.39 bits per heavy atom. The van der Waals surface area contributed by atoms with Gasteiger partial charge in [0.05, 0.1) is 32.2 Å². The van der Waals surface area contributed by atoms with Crippen LogP contribution >= 0.6 is 0 Å². The van der Waals surface area contributed by atoms with Crippen LogP contribution in [0, 0.1) is 31.1 Å². The molecular formula is C23H30N4O4. The first-order chi connectivity index (χ1) is 14.8. The molecule has 1 heterocycles. The van der Waals surface area contributed by atoms with Gasteiger partial charge in [-0.15, -0.1) is 0 Å². The number of ether oxygens (including phenoxy) is 2. The van der Waals surface area contributed by atoms with Crippen LogP contribution in [0.4, 0.5) is 5.82 Å². The minimum Gasteiger partial charge on any atom is -0.497 e. The maximum Gasteiger partial charge on any atom is 0.309 e. The largest absolute Gasteiger partial charge is 0.497 e. The number of hydrogen-bond donors (Lipinski definition) is 1. The predicted molar refractivity (Wildman–Crippen MR) is 118 cm³/mol. The third kappa shape index (κ3) is 5.44. The highest BCUT2D eigenvalue weighted by Gasteiger charge is 2.23. The molecule has 1 unspecified atom stereocenters. The molecule has 31 heavy (non-hydrogen) atoms. The summed E-state index contributed by atoms with van der Waals surface area (Å²) in [7, 11) is 2.95. The third-order valence-electron chi connectivity index (χ3n) is 5.36. The van der Waals surface area contributed by atoms with Gasteiger partial charge < -0.3 is 14.8 Å². The Kier molecular flexibility index (Phi) is 8.22. The summed E-state index contributed by atoms with van der Waals surface area (Å²) in [6.07, 6.45) is 0. The molecule has 0 fully saturated rings. The van der Waals surface area contributed by atoms with Gasteiger partial charge in [0, 0.05) is 17.9 Å². The van der Waals surface area contributed by atoms with Crippen molar-refractivity contribution in [2.45, 2.75) is 27.7 Å². The zero-order valence-electron chi connectivity index (χ0n) is 19.0. The molecule has 1 N–H and O–H groups in total. The average molecular weight is 427 g/mol. The van der Waals surface area contributed by atoms with Gasteiger partial charge in [-0.3, -0.25) is 19.1 Å². The van der Waals surface area contributed by atoms with E-state index in [2.05, 4.69) is 11.4 Å². The fourth-order valence-electron chi connectivity index (χ4n) is 3.46. The van der Waals surface area contributed by atoms with E-state index >= 15 is 0 Å². The summed E-state index contributed by atoms with van der Waals surface area (Å²) < 4.78 is 11.9. The van der Waals surface area contributed by atoms with Gasteiger partial charge in [0.15, 0.2) is 0 Å². The van der Waals surface area contributed by atoms with E-state index in [9.17, 15) is 14.9 Å². The fraction of sp³-hybridized carbons (Fsp3) is 0.435. The minimum absolute atomic E-state index is 0.0919. The van der Waals surface area contributed by atoms with Crippen molar-refractivity contribution in [1.82, 2.24) is 9.47 Å². The standard InChI is InChI=1S/C23H30N4O4/c1-7-26(13-15(2)23(29)31-6)14-21(28)25-22-20(12-24)16(3)17(4)27(22)18-8-10-19(30-5)11-9-18/h8-11,15H,7,13-14H2,1-6H3,(H,25,28). The van der Waals surface area contributed by atoms with Crippen molar-refractivity contribution in [3.05, 3.63) is 41.1 Å². The molecule has 8 heteroatoms. The number of nitrogens with zero attached hydrogens (tertiary/aromatic N) is 3. The summed E-state index contributed by atoms with van der Waals surface area (Å²) >= 11 is 0. The van der Waals surface area contributed by atoms with Crippen molar-refractivity contribution in [3.63, 3.8) is 0 Å². The van der Waals surface area contributed by atoms with E-state index in [4.69, 9.17) is 9.47 Å². The van der Waals surface area contributed by atoms with E-state index in [-0.39, 0.29) is 24.3 Å². The summed E-state index contributed by atoms with van der Waals surface area (Å²) in [6, 6.07) is 9.61. The van der Waals surface area contributed by atoms with Gasteiger partial charge in [-0.1, -0.05) is 13.8 Å². The smallest absolute Gasteiger partial charge is 0.309 e. The number of anilines is 1. The number of likely N-dealkylation sites (N-methyl/N-ethyl adjacent to an activating group) is 1. The Balaban J connectivity index is 2.30. The molecule has 2 rings (SSSR count). The zero-order valence-corrected chi connectivity index (χ0v) is 19.0. The molecule has 2 aromatic rings. The molecule has 0 spiro atoms. The van der Waals surface area contributed by atoms with Gasteiger partial charge in [-0.05, 0) is 50.2 Å². The maximum absolute atomic E-state index is 12.9. The number of hydrogen-bond acceptors (Lipinski definition) is 6. The molecule has 0 saturated heterocycles. The van der Waals surface area contributed by atoms with Crippen LogP contribution in [0.3, 0.4) is 0 Å². The van der Waals surface area contributed by atoms with Gasteiger partial charge in [-0.25, -0.2) is 0 Å². The number of aromatic nitrogens is 1. The molecule has 1 atom stereocenters. The summed E-state index contributed by atoms with van der Waals surface area (Å²) in [5.74, 6) is 0.229. The third-order valence-corrected chi connectivity index (χ3v) is 5.36. The van der Waals surface area contributed by atoms with Crippen LogP contribution in [-0.2, 0) is 14.3 Å². The zero-order chi connectivity index (χ0) is 23.1. The molecule has 1 aromatic heterocycles. The lowest BCUT2D eigenvalue weighted by molar-refractivity contribution is -0.145. The molecule has 0 radical (unpaired) electrons. The van der Waals surface area contributed by atoms with Crippen molar-refractivity contribution < 1.29 is 19.1 Å². The summed E-state index contributed by atoms with van der Waals surface area (Å²) in [4.78, 5) is 26.4. The highest BCUT2D eigenvalue weighted by molar-refractivity contribution is 5.93. The number of rotatable bonds is 9. The molecule has 0 aliphatic rings. The minimum atomic E-state index is -0.347. The van der Waals surface area contributed by atoms with Crippen molar-refractivity contribution >= 4 is 17.7 Å². The number of benzene rings is 1. The van der Waals surface area contributed by atoms with Crippen LogP contribution in [0.2, 0.25) is 0 Å². The number of amides is 1. The van der Waals surface area contributed by atoms with Gasteiger partial charge in [0.1, 0.15) is 17.6 Å². The van der Waals surface area contributed by atoms with Crippen molar-refractivity contribution in [2.24, 2.45) is 5.92 Å². The van der Waals surface area contributed by atoms with E-state index in [1.807, 2.05) is 54.5 Å². The van der Waals surface area contributed by atoms with E-state index in [0.29, 0.717) is 24.5 Å². The molecule has 0 saturated carbocycles. The Labute approximate surface area is 183 Å². The summed E-state index contributed by atoms with van der Waals surface area (Å²) in [6.45, 7) is 8.55. The van der Waals surface area contributed by atoms with Crippen molar-refractivity contribution in [3.8, 4) is 17.5 Å². The number of carbonyl (C=O) groups is 2. The monoisotopic (exact) mass is 426 g/mol. The molecule has 1 aromatic carbocycles. The normalized spacial score (nSPS) is 11.7. The quantitative estimate of drug-likeness (QED) is 0.619. The lowest BCUT2D eigenvalue weighted by Crippen LogP contribution is -2.38. The first-order valence-corrected chi connectivity index (χ1v) is 10.1. The van der Waals surface area contributed by atoms with Gasteiger partial charge in [0.2, 0.25) is 5.91 Å². The number of carbonyl (C=O) groups excluding carboxylic acids is 2. The van der Waals surface area contributed by atoms with E-state index < -0.39 is 0 Å². The number of nitrogens with one attached hydrogen (secondary N) is 1. The SMILES string of the molecule is CCN(CC(=O)Nc1c(C#N)c(C)c(C)n1-c1ccc(OC)cc1)CC(C)C(=O)OC. The van der Waals surface area contributed by atoms with Crippen LogP contribution in [0.15, 0.2) is 24.3 Å². The fourth-order valence-corrected chi connectivity index (χ4v) is 3.46. The van der Waals surface area contributed by atoms with Crippen LogP contribution in [0.1, 0.15) is 30.7 Å². The molecule has 0 bridgehead atoms. The Morgan fingerprint density at radius 1 is 1.23 bits per heavy atom. The number of esters is 1. The maximum atomic E-state index is 12.9. The van der Waals surface area contributed by atoms with E-state index in [1.54, 1.807) is 14.0 Å². The van der Waals surface area contributed by atoms with Crippen LogP contribution < -0.4 is 10.1 Å². The van der Waals surface area contributed by atoms with Crippen molar-refractivity contribution in [2.75, 3.05) is 39.2 Å². The van der Waals surface area contributed by atoms with Crippen LogP contribution in [0.5, 0.6) is 5.75 Å². The summed E-state index contributed by atoms with van der Waals surface area (Å²) in [5.41, 5.74) is 2.90. The summed E-state index contributed by atoms with van der Waals surface area (Å²) in [5, 5.41) is 12.6. The first kappa shape index (κ1) is 24.0. The molecule has 0 aliphatic carbocycles. The second kappa shape index (κ2) is 10.6. The van der Waals surface area contributed by atoms with Crippen LogP contribution in [0.25, 0.3) is 5.69 Å². The lowest BCUT2D eigenvalue weighted by atomic mass is 10.1. The van der Waals surface area contributed by atoms with Gasteiger partial charge in [0.25, 0.3) is 0 Å². The Hall–Kier alpha value is -3.31. The number of nitriles is 1. The second-order valence-corrected chi connectivity index (χ2v) is 7.38. The Morgan fingerprint density at radius 2 is 1.87 bits per heavy atom.